The molecule has 33 heavy (non-hydrogen) atoms. The Kier molecular flexibility index (Phi) is 6.17. The lowest BCUT2D eigenvalue weighted by Gasteiger charge is -2.31. The fraction of sp³-hybridized carbons (Fsp3) is 0.292. The van der Waals surface area contributed by atoms with E-state index in [-0.39, 0.29) is 29.1 Å². The first-order valence-corrected chi connectivity index (χ1v) is 10.8. The average molecular weight is 473 g/mol. The Balaban J connectivity index is 1.54. The maximum absolute atomic E-state index is 13.2. The van der Waals surface area contributed by atoms with Crippen LogP contribution in [0.15, 0.2) is 42.5 Å². The molecule has 9 heteroatoms. The summed E-state index contributed by atoms with van der Waals surface area (Å²) in [6.07, 6.45) is -1.94. The van der Waals surface area contributed by atoms with Crippen molar-refractivity contribution in [2.75, 3.05) is 5.73 Å². The highest BCUT2D eigenvalue weighted by atomic mass is 35.5. The number of rotatable bonds is 3. The first-order chi connectivity index (χ1) is 15.7. The minimum atomic E-state index is -4.59. The number of nitrogens with two attached hydrogens (primary N) is 1. The molecule has 1 aromatic heterocycles. The van der Waals surface area contributed by atoms with Crippen molar-refractivity contribution in [1.82, 2.24) is 10.3 Å². The van der Waals surface area contributed by atoms with E-state index in [1.54, 1.807) is 30.3 Å². The van der Waals surface area contributed by atoms with Crippen molar-refractivity contribution in [3.05, 3.63) is 69.9 Å². The van der Waals surface area contributed by atoms with E-state index in [1.807, 2.05) is 6.07 Å². The summed E-state index contributed by atoms with van der Waals surface area (Å²) in [5.41, 5.74) is 6.49. The molecule has 3 N–H and O–H groups in total. The highest BCUT2D eigenvalue weighted by molar-refractivity contribution is 6.32. The van der Waals surface area contributed by atoms with Gasteiger partial charge < -0.3 is 11.1 Å². The molecule has 2 aromatic carbocycles. The van der Waals surface area contributed by atoms with Gasteiger partial charge in [-0.05, 0) is 67.5 Å². The molecule has 0 saturated heterocycles. The summed E-state index contributed by atoms with van der Waals surface area (Å²) < 4.78 is 39.5. The number of anilines is 1. The van der Waals surface area contributed by atoms with Gasteiger partial charge >= 0.3 is 6.18 Å². The highest BCUT2D eigenvalue weighted by Gasteiger charge is 2.34. The van der Waals surface area contributed by atoms with Crippen molar-refractivity contribution in [3.8, 4) is 6.07 Å². The van der Waals surface area contributed by atoms with Crippen LogP contribution in [0.4, 0.5) is 18.9 Å². The Morgan fingerprint density at radius 3 is 2.52 bits per heavy atom. The van der Waals surface area contributed by atoms with E-state index >= 15 is 0 Å². The zero-order valence-electron chi connectivity index (χ0n) is 17.4. The number of carbonyl (C=O) groups is 1. The molecule has 1 aliphatic rings. The van der Waals surface area contributed by atoms with Gasteiger partial charge in [-0.15, -0.1) is 0 Å². The molecule has 1 fully saturated rings. The number of nitrogens with zero attached hydrogens (tertiary/aromatic N) is 2. The topological polar surface area (TPSA) is 91.8 Å². The molecule has 170 valence electrons. The van der Waals surface area contributed by atoms with Crippen LogP contribution in [-0.4, -0.2) is 16.9 Å². The van der Waals surface area contributed by atoms with Crippen LogP contribution in [-0.2, 0) is 6.18 Å². The number of fused-ring (bicyclic) bond motifs is 1. The van der Waals surface area contributed by atoms with Crippen molar-refractivity contribution in [2.24, 2.45) is 0 Å². The largest absolute Gasteiger partial charge is 0.433 e. The van der Waals surface area contributed by atoms with Crippen molar-refractivity contribution in [1.29, 1.82) is 5.26 Å². The smallest absolute Gasteiger partial charge is 0.398 e. The number of pyridine rings is 1. The fourth-order valence-corrected chi connectivity index (χ4v) is 4.78. The molecular weight excluding hydrogens is 453 g/mol. The molecule has 1 amide bonds. The summed E-state index contributed by atoms with van der Waals surface area (Å²) >= 11 is 6.47. The predicted molar refractivity (Wildman–Crippen MR) is 120 cm³/mol. The Bertz CT molecular complexity index is 1260. The van der Waals surface area contributed by atoms with Gasteiger partial charge in [-0.2, -0.15) is 18.4 Å². The third kappa shape index (κ3) is 4.60. The number of amides is 1. The number of benzene rings is 2. The van der Waals surface area contributed by atoms with Crippen molar-refractivity contribution in [2.45, 2.75) is 43.8 Å². The van der Waals surface area contributed by atoms with Gasteiger partial charge in [0.25, 0.3) is 5.91 Å². The molecule has 1 aliphatic carbocycles. The van der Waals surface area contributed by atoms with Gasteiger partial charge in [0.1, 0.15) is 5.69 Å². The van der Waals surface area contributed by atoms with Crippen LogP contribution in [0.25, 0.3) is 10.9 Å². The first-order valence-electron chi connectivity index (χ1n) is 10.4. The van der Waals surface area contributed by atoms with Gasteiger partial charge in [0.05, 0.1) is 22.7 Å². The number of halogens is 4. The van der Waals surface area contributed by atoms with E-state index in [4.69, 9.17) is 17.3 Å². The number of carbonyl (C=O) groups excluding carboxylic acids is 1. The zero-order valence-corrected chi connectivity index (χ0v) is 18.2. The third-order valence-electron chi connectivity index (χ3n) is 6.05. The van der Waals surface area contributed by atoms with Crippen molar-refractivity contribution < 1.29 is 18.0 Å². The van der Waals surface area contributed by atoms with Crippen LogP contribution in [0.3, 0.4) is 0 Å². The first kappa shape index (κ1) is 22.9. The highest BCUT2D eigenvalue weighted by Crippen LogP contribution is 2.43. The number of nitrogens with one attached hydrogen (secondary N) is 1. The van der Waals surface area contributed by atoms with Gasteiger partial charge in [-0.1, -0.05) is 23.7 Å². The van der Waals surface area contributed by atoms with Gasteiger partial charge in [-0.3, -0.25) is 4.79 Å². The molecule has 0 radical (unpaired) electrons. The monoisotopic (exact) mass is 472 g/mol. The van der Waals surface area contributed by atoms with E-state index in [9.17, 15) is 23.2 Å². The number of hydrogen-bond acceptors (Lipinski definition) is 4. The molecule has 0 atom stereocenters. The quantitative estimate of drug-likeness (QED) is 0.502. The summed E-state index contributed by atoms with van der Waals surface area (Å²) in [7, 11) is 0. The molecule has 1 heterocycles. The molecule has 0 unspecified atom stereocenters. The van der Waals surface area contributed by atoms with Crippen LogP contribution in [0.1, 0.15) is 58.8 Å². The lowest BCUT2D eigenvalue weighted by molar-refractivity contribution is -0.140. The van der Waals surface area contributed by atoms with Crippen LogP contribution in [0, 0.1) is 11.3 Å². The molecule has 0 spiro atoms. The maximum atomic E-state index is 13.2. The molecular formula is C24H20ClF3N4O. The summed E-state index contributed by atoms with van der Waals surface area (Å²) in [6, 6.07) is 12.4. The molecule has 4 rings (SSSR count). The molecule has 1 saturated carbocycles. The van der Waals surface area contributed by atoms with Crippen LogP contribution >= 0.6 is 11.6 Å². The molecule has 0 bridgehead atoms. The van der Waals surface area contributed by atoms with Gasteiger partial charge in [0.2, 0.25) is 0 Å². The Hall–Kier alpha value is -3.31. The van der Waals surface area contributed by atoms with E-state index in [0.717, 1.165) is 6.07 Å². The van der Waals surface area contributed by atoms with Crippen LogP contribution in [0.5, 0.6) is 0 Å². The summed E-state index contributed by atoms with van der Waals surface area (Å²) in [5, 5.41) is 13.1. The van der Waals surface area contributed by atoms with Gasteiger partial charge in [0.15, 0.2) is 0 Å². The second-order valence-electron chi connectivity index (χ2n) is 8.13. The lowest BCUT2D eigenvalue weighted by atomic mass is 9.80. The number of alkyl halides is 3. The molecule has 0 aliphatic heterocycles. The predicted octanol–water partition coefficient (Wildman–Crippen LogP) is 5.82. The van der Waals surface area contributed by atoms with Gasteiger partial charge in [0, 0.05) is 22.1 Å². The summed E-state index contributed by atoms with van der Waals surface area (Å²) in [5.74, 6) is -0.325. The van der Waals surface area contributed by atoms with Crippen molar-refractivity contribution in [3.63, 3.8) is 0 Å². The third-order valence-corrected chi connectivity index (χ3v) is 6.37. The van der Waals surface area contributed by atoms with Crippen molar-refractivity contribution >= 4 is 34.1 Å². The Morgan fingerprint density at radius 1 is 1.15 bits per heavy atom. The second kappa shape index (κ2) is 8.91. The average Bonchev–Trinajstić information content (AvgIpc) is 2.79. The molecule has 3 aromatic rings. The standard InChI is InChI=1S/C24H20ClF3N4O/c25-17-9-10-19-22(18(30)11-20(32-19)24(26,27)28)21(17)13-5-7-15(8-6-13)31-23(33)16-4-2-1-3-14(16)12-29/h1-4,9-11,13,15H,5-8H2,(H2,30,32)(H,31,33). The number of aromatic nitrogens is 1. The molecule has 5 nitrogen and oxygen atoms in total. The maximum Gasteiger partial charge on any atom is 0.433 e. The fourth-order valence-electron chi connectivity index (χ4n) is 4.47. The van der Waals surface area contributed by atoms with E-state index in [0.29, 0.717) is 52.8 Å². The van der Waals surface area contributed by atoms with E-state index in [2.05, 4.69) is 10.3 Å². The normalized spacial score (nSPS) is 18.6. The Morgan fingerprint density at radius 2 is 1.85 bits per heavy atom. The minimum Gasteiger partial charge on any atom is -0.398 e. The SMILES string of the molecule is N#Cc1ccccc1C(=O)NC1CCC(c2c(Cl)ccc3nc(C(F)(F)F)cc(N)c23)CC1. The van der Waals surface area contributed by atoms with E-state index < -0.39 is 11.9 Å². The summed E-state index contributed by atoms with van der Waals surface area (Å²) in [4.78, 5) is 16.4. The number of hydrogen-bond donors (Lipinski definition) is 2. The number of nitrogen functional groups attached to an aromatic ring is 1. The lowest BCUT2D eigenvalue weighted by Crippen LogP contribution is -2.37. The second-order valence-corrected chi connectivity index (χ2v) is 8.54. The zero-order chi connectivity index (χ0) is 23.8. The Labute approximate surface area is 193 Å². The number of nitriles is 1. The minimum absolute atomic E-state index is 0.00615. The summed E-state index contributed by atoms with van der Waals surface area (Å²) in [6.45, 7) is 0. The van der Waals surface area contributed by atoms with Crippen LogP contribution < -0.4 is 11.1 Å². The van der Waals surface area contributed by atoms with Crippen LogP contribution in [0.2, 0.25) is 5.02 Å². The van der Waals surface area contributed by atoms with E-state index in [1.165, 1.54) is 6.07 Å². The van der Waals surface area contributed by atoms with Gasteiger partial charge in [-0.25, -0.2) is 4.98 Å².